The van der Waals surface area contributed by atoms with Crippen LogP contribution in [0.4, 0.5) is 5.69 Å². The van der Waals surface area contributed by atoms with Crippen molar-refractivity contribution < 1.29 is 18.9 Å². The van der Waals surface area contributed by atoms with E-state index in [4.69, 9.17) is 16.6 Å². The van der Waals surface area contributed by atoms with Gasteiger partial charge in [-0.3, -0.25) is 30.3 Å². The van der Waals surface area contributed by atoms with Crippen LogP contribution in [0.25, 0.3) is 34.3 Å². The number of nitrogens with zero attached hydrogens (tertiary/aromatic N) is 3. The summed E-state index contributed by atoms with van der Waals surface area (Å²) in [7, 11) is 0. The molecule has 0 atom stereocenters. The molecular formula is C24H15N5O5S. The summed E-state index contributed by atoms with van der Waals surface area (Å²) in [5.74, 6) is -0.863. The standard InChI is InChI=1S/C24H15N5O5S/c30-22-19(23(31)26-24(35)25-22)10-15-12-28(17-4-2-1-3-5-17)27-21(15)20-11-16(13-34-20)14-6-8-18(9-7-14)29(32)33/h1-13H,(H2,25,26,30,31,35). The van der Waals surface area contributed by atoms with E-state index in [2.05, 4.69) is 15.7 Å². The van der Waals surface area contributed by atoms with E-state index >= 15 is 0 Å². The van der Waals surface area contributed by atoms with E-state index in [9.17, 15) is 19.7 Å². The van der Waals surface area contributed by atoms with Gasteiger partial charge in [0.15, 0.2) is 10.9 Å². The Balaban J connectivity index is 1.58. The molecule has 3 heterocycles. The number of nitrogens with one attached hydrogen (secondary N) is 2. The lowest BCUT2D eigenvalue weighted by Crippen LogP contribution is -2.51. The zero-order chi connectivity index (χ0) is 24.5. The van der Waals surface area contributed by atoms with Gasteiger partial charge in [0, 0.05) is 29.5 Å². The number of hydrogen-bond acceptors (Lipinski definition) is 7. The monoisotopic (exact) mass is 485 g/mol. The maximum absolute atomic E-state index is 12.4. The zero-order valence-corrected chi connectivity index (χ0v) is 18.6. The van der Waals surface area contributed by atoms with Gasteiger partial charge in [0.1, 0.15) is 11.3 Å². The number of carbonyl (C=O) groups is 2. The highest BCUT2D eigenvalue weighted by atomic mass is 32.1. The average Bonchev–Trinajstić information content (AvgIpc) is 3.49. The summed E-state index contributed by atoms with van der Waals surface area (Å²) < 4.78 is 7.38. The number of para-hydroxylation sites is 1. The van der Waals surface area contributed by atoms with Gasteiger partial charge in [0.05, 0.1) is 16.9 Å². The first-order valence-corrected chi connectivity index (χ1v) is 10.7. The van der Waals surface area contributed by atoms with E-state index in [0.29, 0.717) is 28.1 Å². The van der Waals surface area contributed by atoms with Crippen LogP contribution in [-0.2, 0) is 9.59 Å². The summed E-state index contributed by atoms with van der Waals surface area (Å²) >= 11 is 4.86. The average molecular weight is 485 g/mol. The largest absolute Gasteiger partial charge is 0.462 e. The zero-order valence-electron chi connectivity index (χ0n) is 17.8. The van der Waals surface area contributed by atoms with Crippen molar-refractivity contribution in [3.63, 3.8) is 0 Å². The third kappa shape index (κ3) is 4.35. The van der Waals surface area contributed by atoms with Crippen molar-refractivity contribution in [1.29, 1.82) is 0 Å². The van der Waals surface area contributed by atoms with Gasteiger partial charge < -0.3 is 4.42 Å². The molecule has 5 rings (SSSR count). The topological polar surface area (TPSA) is 132 Å². The van der Waals surface area contributed by atoms with Crippen LogP contribution in [-0.4, -0.2) is 31.6 Å². The summed E-state index contributed by atoms with van der Waals surface area (Å²) in [6, 6.07) is 17.1. The van der Waals surface area contributed by atoms with Crippen molar-refractivity contribution in [3.05, 3.63) is 94.4 Å². The van der Waals surface area contributed by atoms with Crippen LogP contribution in [0.1, 0.15) is 5.56 Å². The van der Waals surface area contributed by atoms with E-state index in [0.717, 1.165) is 5.69 Å². The van der Waals surface area contributed by atoms with Crippen LogP contribution >= 0.6 is 12.2 Å². The van der Waals surface area contributed by atoms with Crippen LogP contribution in [0.15, 0.2) is 83.1 Å². The van der Waals surface area contributed by atoms with Crippen LogP contribution in [0.3, 0.4) is 0 Å². The normalized spacial score (nSPS) is 13.4. The molecule has 0 unspecified atom stereocenters. The molecule has 11 heteroatoms. The van der Waals surface area contributed by atoms with Gasteiger partial charge in [-0.1, -0.05) is 18.2 Å². The van der Waals surface area contributed by atoms with E-state index in [1.54, 1.807) is 29.1 Å². The molecule has 2 N–H and O–H groups in total. The molecule has 1 aliphatic heterocycles. The first-order chi connectivity index (χ1) is 16.9. The number of rotatable bonds is 5. The summed E-state index contributed by atoms with van der Waals surface area (Å²) in [6.07, 6.45) is 4.61. The molecule has 1 aliphatic rings. The molecular weight excluding hydrogens is 470 g/mol. The second-order valence-electron chi connectivity index (χ2n) is 7.51. The highest BCUT2D eigenvalue weighted by Crippen LogP contribution is 2.32. The Morgan fingerprint density at radius 2 is 1.69 bits per heavy atom. The number of nitro groups is 1. The Morgan fingerprint density at radius 3 is 2.34 bits per heavy atom. The minimum atomic E-state index is -0.622. The predicted octanol–water partition coefficient (Wildman–Crippen LogP) is 3.62. The van der Waals surface area contributed by atoms with Gasteiger partial charge in [-0.05, 0) is 54.2 Å². The van der Waals surface area contributed by atoms with Gasteiger partial charge >= 0.3 is 0 Å². The SMILES string of the molecule is O=C1NC(=S)NC(=O)C1=Cc1cn(-c2ccccc2)nc1-c1cc(-c2ccc([N+](=O)[O-])cc2)co1. The van der Waals surface area contributed by atoms with Gasteiger partial charge in [0.25, 0.3) is 17.5 Å². The second-order valence-corrected chi connectivity index (χ2v) is 7.92. The summed E-state index contributed by atoms with van der Waals surface area (Å²) in [6.45, 7) is 0. The molecule has 35 heavy (non-hydrogen) atoms. The molecule has 0 radical (unpaired) electrons. The Labute approximate surface area is 203 Å². The fourth-order valence-corrected chi connectivity index (χ4v) is 3.73. The number of hydrogen-bond donors (Lipinski definition) is 2. The molecule has 0 spiro atoms. The first-order valence-electron chi connectivity index (χ1n) is 10.3. The number of amides is 2. The molecule has 172 valence electrons. The van der Waals surface area contributed by atoms with Crippen LogP contribution in [0, 0.1) is 10.1 Å². The Hall–Kier alpha value is -4.90. The maximum atomic E-state index is 12.4. The number of furan rings is 1. The molecule has 0 bridgehead atoms. The van der Waals surface area contributed by atoms with Gasteiger partial charge in [-0.2, -0.15) is 5.10 Å². The summed E-state index contributed by atoms with van der Waals surface area (Å²) in [4.78, 5) is 35.2. The van der Waals surface area contributed by atoms with Crippen molar-refractivity contribution in [2.75, 3.05) is 0 Å². The lowest BCUT2D eigenvalue weighted by Gasteiger charge is -2.16. The van der Waals surface area contributed by atoms with Crippen LogP contribution in [0.5, 0.6) is 0 Å². The maximum Gasteiger partial charge on any atom is 0.269 e. The minimum Gasteiger partial charge on any atom is -0.462 e. The molecule has 0 saturated carbocycles. The smallest absolute Gasteiger partial charge is 0.269 e. The first kappa shape index (κ1) is 21.9. The molecule has 2 amide bonds. The number of non-ortho nitro benzene ring substituents is 1. The van der Waals surface area contributed by atoms with Crippen molar-refractivity contribution in [2.45, 2.75) is 0 Å². The lowest BCUT2D eigenvalue weighted by atomic mass is 10.1. The van der Waals surface area contributed by atoms with Crippen molar-refractivity contribution in [1.82, 2.24) is 20.4 Å². The Morgan fingerprint density at radius 1 is 1.00 bits per heavy atom. The fourth-order valence-electron chi connectivity index (χ4n) is 3.55. The highest BCUT2D eigenvalue weighted by molar-refractivity contribution is 7.80. The van der Waals surface area contributed by atoms with E-state index in [-0.39, 0.29) is 16.4 Å². The Kier molecular flexibility index (Phi) is 5.51. The number of aromatic nitrogens is 2. The van der Waals surface area contributed by atoms with E-state index in [1.807, 2.05) is 30.3 Å². The molecule has 10 nitrogen and oxygen atoms in total. The van der Waals surface area contributed by atoms with E-state index in [1.165, 1.54) is 24.5 Å². The van der Waals surface area contributed by atoms with Crippen molar-refractivity contribution in [3.8, 4) is 28.3 Å². The summed E-state index contributed by atoms with van der Waals surface area (Å²) in [5.41, 5.74) is 2.87. The quantitative estimate of drug-likeness (QED) is 0.145. The Bertz CT molecular complexity index is 1500. The molecule has 0 aliphatic carbocycles. The molecule has 1 fully saturated rings. The molecule has 2 aromatic carbocycles. The highest BCUT2D eigenvalue weighted by Gasteiger charge is 2.27. The van der Waals surface area contributed by atoms with E-state index < -0.39 is 16.7 Å². The van der Waals surface area contributed by atoms with Crippen molar-refractivity contribution in [2.24, 2.45) is 0 Å². The molecule has 1 saturated heterocycles. The predicted molar refractivity (Wildman–Crippen MR) is 130 cm³/mol. The summed E-state index contributed by atoms with van der Waals surface area (Å²) in [5, 5.41) is 20.3. The molecule has 2 aromatic heterocycles. The van der Waals surface area contributed by atoms with Gasteiger partial charge in [-0.25, -0.2) is 4.68 Å². The number of thiocarbonyl (C=S) groups is 1. The lowest BCUT2D eigenvalue weighted by molar-refractivity contribution is -0.384. The third-order valence-corrected chi connectivity index (χ3v) is 5.45. The van der Waals surface area contributed by atoms with Crippen LogP contribution < -0.4 is 10.6 Å². The second kappa shape index (κ2) is 8.80. The molecule has 4 aromatic rings. The van der Waals surface area contributed by atoms with Crippen molar-refractivity contribution >= 4 is 40.9 Å². The van der Waals surface area contributed by atoms with Crippen LogP contribution in [0.2, 0.25) is 0 Å². The minimum absolute atomic E-state index is 0.0171. The fraction of sp³-hybridized carbons (Fsp3) is 0. The number of carbonyl (C=O) groups excluding carboxylic acids is 2. The third-order valence-electron chi connectivity index (χ3n) is 5.25. The van der Waals surface area contributed by atoms with Gasteiger partial charge in [0.2, 0.25) is 0 Å². The number of benzene rings is 2. The number of nitro benzene ring substituents is 1. The van der Waals surface area contributed by atoms with Gasteiger partial charge in [-0.15, -0.1) is 0 Å².